The van der Waals surface area contributed by atoms with Gasteiger partial charge in [-0.1, -0.05) is 22.0 Å². The summed E-state index contributed by atoms with van der Waals surface area (Å²) < 4.78 is 6.06. The number of carbonyl (C=O) groups is 1. The Hall–Kier alpha value is -2.60. The maximum atomic E-state index is 12.5. The number of hydrogen-bond donors (Lipinski definition) is 1. The molecule has 1 aliphatic rings. The molecule has 0 aliphatic carbocycles. The fourth-order valence-electron chi connectivity index (χ4n) is 3.54. The number of ether oxygens (including phenoxy) is 1. The Morgan fingerprint density at radius 2 is 1.97 bits per heavy atom. The van der Waals surface area contributed by atoms with Crippen LogP contribution in [0.15, 0.2) is 46.0 Å². The number of rotatable bonds is 4. The topological polar surface area (TPSA) is 53.9 Å². The van der Waals surface area contributed by atoms with Crippen molar-refractivity contribution in [3.05, 3.63) is 63.1 Å². The van der Waals surface area contributed by atoms with Crippen LogP contribution in [-0.2, 0) is 0 Å². The van der Waals surface area contributed by atoms with E-state index in [9.17, 15) is 4.79 Å². The second-order valence-corrected chi connectivity index (χ2v) is 8.73. The van der Waals surface area contributed by atoms with Gasteiger partial charge in [0.1, 0.15) is 5.75 Å². The first kappa shape index (κ1) is 21.1. The highest BCUT2D eigenvalue weighted by Crippen LogP contribution is 2.38. The quantitative estimate of drug-likeness (QED) is 0.511. The van der Waals surface area contributed by atoms with Crippen molar-refractivity contribution < 1.29 is 9.53 Å². The fraction of sp³-hybridized carbons (Fsp3) is 0.304. The van der Waals surface area contributed by atoms with Crippen LogP contribution in [0.5, 0.6) is 5.75 Å². The number of allylic oxidation sites excluding steroid dienone is 1. The highest BCUT2D eigenvalue weighted by Gasteiger charge is 2.28. The minimum Gasteiger partial charge on any atom is -0.496 e. The van der Waals surface area contributed by atoms with Gasteiger partial charge in [-0.25, -0.2) is 5.43 Å². The zero-order valence-corrected chi connectivity index (χ0v) is 19.2. The summed E-state index contributed by atoms with van der Waals surface area (Å²) in [6.07, 6.45) is 3.96. The molecule has 29 heavy (non-hydrogen) atoms. The number of anilines is 1. The van der Waals surface area contributed by atoms with Crippen LogP contribution in [0.3, 0.4) is 0 Å². The molecule has 0 bridgehead atoms. The molecule has 0 atom stereocenters. The largest absolute Gasteiger partial charge is 0.496 e. The highest BCUT2D eigenvalue weighted by molar-refractivity contribution is 9.10. The van der Waals surface area contributed by atoms with Crippen LogP contribution in [0.25, 0.3) is 5.57 Å². The number of fused-ring (bicyclic) bond motifs is 1. The smallest absolute Gasteiger partial charge is 0.275 e. The van der Waals surface area contributed by atoms with Gasteiger partial charge >= 0.3 is 0 Å². The van der Waals surface area contributed by atoms with E-state index in [1.807, 2.05) is 6.07 Å². The maximum absolute atomic E-state index is 12.5. The molecule has 0 saturated heterocycles. The van der Waals surface area contributed by atoms with Crippen molar-refractivity contribution in [1.82, 2.24) is 5.43 Å². The Balaban J connectivity index is 1.85. The van der Waals surface area contributed by atoms with Crippen LogP contribution in [-0.4, -0.2) is 31.8 Å². The summed E-state index contributed by atoms with van der Waals surface area (Å²) in [6.45, 7) is 8.59. The normalized spacial score (nSPS) is 15.1. The zero-order valence-electron chi connectivity index (χ0n) is 17.6. The average Bonchev–Trinajstić information content (AvgIpc) is 2.66. The lowest BCUT2D eigenvalue weighted by Gasteiger charge is -2.41. The number of nitrogens with zero attached hydrogens (tertiary/aromatic N) is 2. The number of hydrazone groups is 1. The number of carbonyl (C=O) groups excluding carboxylic acids is 1. The molecule has 0 fully saturated rings. The van der Waals surface area contributed by atoms with Gasteiger partial charge in [0.05, 0.1) is 24.4 Å². The standard InChI is InChI=1S/C23H26BrN3O2/c1-14-9-20-18(15(2)12-23(3,4)27(20)5)10-16(14)13-25-26-22(28)19-11-17(24)7-8-21(19)29-6/h7-13H,1-6H3,(H,26,28)/b25-13-. The number of hydrogen-bond acceptors (Lipinski definition) is 4. The van der Waals surface area contributed by atoms with E-state index in [-0.39, 0.29) is 11.4 Å². The lowest BCUT2D eigenvalue weighted by molar-refractivity contribution is 0.0952. The predicted molar refractivity (Wildman–Crippen MR) is 123 cm³/mol. The van der Waals surface area contributed by atoms with Crippen LogP contribution in [0, 0.1) is 6.92 Å². The molecular weight excluding hydrogens is 430 g/mol. The molecule has 0 spiro atoms. The third kappa shape index (κ3) is 4.22. The summed E-state index contributed by atoms with van der Waals surface area (Å²) in [6, 6.07) is 9.57. The van der Waals surface area contributed by atoms with E-state index in [4.69, 9.17) is 4.74 Å². The van der Waals surface area contributed by atoms with Gasteiger partial charge in [-0.3, -0.25) is 4.79 Å². The summed E-state index contributed by atoms with van der Waals surface area (Å²) >= 11 is 3.38. The summed E-state index contributed by atoms with van der Waals surface area (Å²) in [5, 5.41) is 4.18. The van der Waals surface area contributed by atoms with Crippen molar-refractivity contribution in [3.8, 4) is 5.75 Å². The maximum Gasteiger partial charge on any atom is 0.275 e. The van der Waals surface area contributed by atoms with Crippen LogP contribution in [0.4, 0.5) is 5.69 Å². The first-order valence-electron chi connectivity index (χ1n) is 9.39. The number of benzene rings is 2. The van der Waals surface area contributed by atoms with E-state index in [1.165, 1.54) is 23.9 Å². The summed E-state index contributed by atoms with van der Waals surface area (Å²) in [5.41, 5.74) is 8.66. The Bertz CT molecular complexity index is 1030. The van der Waals surface area contributed by atoms with Crippen LogP contribution in [0.2, 0.25) is 0 Å². The van der Waals surface area contributed by atoms with Gasteiger partial charge in [-0.2, -0.15) is 5.10 Å². The van der Waals surface area contributed by atoms with Gasteiger partial charge in [-0.05, 0) is 74.7 Å². The SMILES string of the molecule is COc1ccc(Br)cc1C(=O)N/N=C\c1cc2c(cc1C)N(C)C(C)(C)C=C2C. The molecule has 2 aromatic rings. The predicted octanol–water partition coefficient (Wildman–Crippen LogP) is 5.16. The number of halogens is 1. The van der Waals surface area contributed by atoms with Crippen molar-refractivity contribution in [3.63, 3.8) is 0 Å². The third-order valence-electron chi connectivity index (χ3n) is 5.38. The minimum atomic E-state index is -0.326. The Labute approximate surface area is 180 Å². The monoisotopic (exact) mass is 455 g/mol. The molecular formula is C23H26BrN3O2. The second-order valence-electron chi connectivity index (χ2n) is 7.81. The lowest BCUT2D eigenvalue weighted by Crippen LogP contribution is -2.42. The van der Waals surface area contributed by atoms with E-state index in [0.717, 1.165) is 15.6 Å². The number of methoxy groups -OCH3 is 1. The van der Waals surface area contributed by atoms with E-state index >= 15 is 0 Å². The van der Waals surface area contributed by atoms with Gasteiger partial charge in [0.15, 0.2) is 0 Å². The Morgan fingerprint density at radius 3 is 2.66 bits per heavy atom. The van der Waals surface area contributed by atoms with Gasteiger partial charge in [0, 0.05) is 22.8 Å². The first-order chi connectivity index (χ1) is 13.6. The van der Waals surface area contributed by atoms with Gasteiger partial charge in [0.25, 0.3) is 5.91 Å². The number of nitrogens with one attached hydrogen (secondary N) is 1. The molecule has 6 heteroatoms. The van der Waals surface area contributed by atoms with Crippen LogP contribution in [0.1, 0.15) is 47.8 Å². The van der Waals surface area contributed by atoms with Crippen LogP contribution >= 0.6 is 15.9 Å². The van der Waals surface area contributed by atoms with Gasteiger partial charge in [0.2, 0.25) is 0 Å². The Morgan fingerprint density at radius 1 is 1.24 bits per heavy atom. The number of amides is 1. The lowest BCUT2D eigenvalue weighted by atomic mass is 9.87. The molecule has 152 valence electrons. The minimum absolute atomic E-state index is 0.0316. The molecule has 1 aliphatic heterocycles. The molecule has 2 aromatic carbocycles. The van der Waals surface area contributed by atoms with Crippen molar-refractivity contribution in [2.45, 2.75) is 33.2 Å². The molecule has 1 amide bonds. The van der Waals surface area contributed by atoms with Gasteiger partial charge < -0.3 is 9.64 Å². The summed E-state index contributed by atoms with van der Waals surface area (Å²) in [5.74, 6) is 0.171. The van der Waals surface area contributed by atoms with E-state index in [1.54, 1.807) is 18.3 Å². The molecule has 0 saturated carbocycles. The molecule has 0 radical (unpaired) electrons. The van der Waals surface area contributed by atoms with E-state index in [2.05, 4.69) is 84.3 Å². The van der Waals surface area contributed by atoms with Crippen molar-refractivity contribution in [2.75, 3.05) is 19.1 Å². The third-order valence-corrected chi connectivity index (χ3v) is 5.87. The summed E-state index contributed by atoms with van der Waals surface area (Å²) in [4.78, 5) is 14.8. The highest BCUT2D eigenvalue weighted by atomic mass is 79.9. The molecule has 0 aromatic heterocycles. The van der Waals surface area contributed by atoms with E-state index < -0.39 is 0 Å². The molecule has 3 rings (SSSR count). The number of likely N-dealkylation sites (N-methyl/N-ethyl adjacent to an activating group) is 1. The average molecular weight is 456 g/mol. The van der Waals surface area contributed by atoms with Crippen LogP contribution < -0.4 is 15.1 Å². The van der Waals surface area contributed by atoms with Crippen molar-refractivity contribution in [1.29, 1.82) is 0 Å². The molecule has 1 heterocycles. The molecule has 5 nitrogen and oxygen atoms in total. The Kier molecular flexibility index (Phi) is 5.85. The van der Waals surface area contributed by atoms with E-state index in [0.29, 0.717) is 11.3 Å². The first-order valence-corrected chi connectivity index (χ1v) is 10.2. The molecule has 1 N–H and O–H groups in total. The van der Waals surface area contributed by atoms with Crippen molar-refractivity contribution in [2.24, 2.45) is 5.10 Å². The summed E-state index contributed by atoms with van der Waals surface area (Å²) in [7, 11) is 3.65. The second kappa shape index (κ2) is 8.03. The van der Waals surface area contributed by atoms with Gasteiger partial charge in [-0.15, -0.1) is 0 Å². The van der Waals surface area contributed by atoms with Crippen molar-refractivity contribution >= 4 is 39.3 Å². The molecule has 0 unspecified atom stereocenters. The zero-order chi connectivity index (χ0) is 21.3. The number of aryl methyl sites for hydroxylation is 1. The fourth-order valence-corrected chi connectivity index (χ4v) is 3.90.